The van der Waals surface area contributed by atoms with Crippen LogP contribution < -0.4 is 0 Å². The van der Waals surface area contributed by atoms with Crippen molar-refractivity contribution in [3.8, 4) is 0 Å². The van der Waals surface area contributed by atoms with Crippen molar-refractivity contribution in [3.05, 3.63) is 17.0 Å². The number of piperidine rings is 1. The molecule has 1 aromatic rings. The average molecular weight is 275 g/mol. The molecule has 18 heavy (non-hydrogen) atoms. The van der Waals surface area contributed by atoms with Gasteiger partial charge in [-0.3, -0.25) is 4.90 Å². The first-order valence-corrected chi connectivity index (χ1v) is 5.98. The highest BCUT2D eigenvalue weighted by atomic mass is 35.5. The summed E-state index contributed by atoms with van der Waals surface area (Å²) in [5, 5.41) is 12.6. The monoisotopic (exact) mass is 274 g/mol. The van der Waals surface area contributed by atoms with Crippen LogP contribution in [0.25, 0.3) is 0 Å². The Morgan fingerprint density at radius 1 is 1.50 bits per heavy atom. The van der Waals surface area contributed by atoms with Gasteiger partial charge in [0, 0.05) is 12.1 Å². The van der Waals surface area contributed by atoms with Gasteiger partial charge in [0.2, 0.25) is 0 Å². The lowest BCUT2D eigenvalue weighted by Crippen LogP contribution is -2.32. The maximum absolute atomic E-state index is 11.0. The number of carboxylic acid groups (broad SMARTS) is 1. The highest BCUT2D eigenvalue weighted by Crippen LogP contribution is 2.21. The van der Waals surface area contributed by atoms with Gasteiger partial charge in [-0.1, -0.05) is 12.1 Å². The Morgan fingerprint density at radius 3 is 2.67 bits per heavy atom. The first-order valence-electron chi connectivity index (χ1n) is 5.98. The first-order chi connectivity index (χ1) is 8.08. The van der Waals surface area contributed by atoms with E-state index in [4.69, 9.17) is 9.63 Å². The van der Waals surface area contributed by atoms with Crippen LogP contribution in [0.15, 0.2) is 4.52 Å². The molecule has 1 saturated heterocycles. The van der Waals surface area contributed by atoms with E-state index in [9.17, 15) is 4.79 Å². The van der Waals surface area contributed by atoms with Crippen LogP contribution in [0.1, 0.15) is 41.6 Å². The molecule has 1 aliphatic heterocycles. The third-order valence-electron chi connectivity index (χ3n) is 3.45. The highest BCUT2D eigenvalue weighted by molar-refractivity contribution is 5.87. The van der Waals surface area contributed by atoms with E-state index < -0.39 is 5.97 Å². The second kappa shape index (κ2) is 6.20. The number of halogens is 1. The Morgan fingerprint density at radius 2 is 2.11 bits per heavy atom. The van der Waals surface area contributed by atoms with Crippen molar-refractivity contribution in [2.75, 3.05) is 13.1 Å². The molecule has 0 aliphatic carbocycles. The SMILES string of the molecule is Cc1onc(C(=O)O)c1CN1CCC(C)CC1.Cl. The van der Waals surface area contributed by atoms with Gasteiger partial charge in [0.25, 0.3) is 0 Å². The second-order valence-electron chi connectivity index (χ2n) is 4.83. The number of likely N-dealkylation sites (tertiary alicyclic amines) is 1. The summed E-state index contributed by atoms with van der Waals surface area (Å²) in [4.78, 5) is 13.3. The molecule has 0 unspecified atom stereocenters. The summed E-state index contributed by atoms with van der Waals surface area (Å²) in [5.74, 6) is 0.372. The summed E-state index contributed by atoms with van der Waals surface area (Å²) < 4.78 is 4.96. The van der Waals surface area contributed by atoms with E-state index in [0.29, 0.717) is 17.9 Å². The number of hydrogen-bond donors (Lipinski definition) is 1. The fraction of sp³-hybridized carbons (Fsp3) is 0.667. The van der Waals surface area contributed by atoms with Crippen molar-refractivity contribution in [1.82, 2.24) is 10.1 Å². The molecule has 0 radical (unpaired) electrons. The third kappa shape index (κ3) is 3.23. The molecule has 2 rings (SSSR count). The molecule has 0 aromatic carbocycles. The number of carboxylic acids is 1. The van der Waals surface area contributed by atoms with Crippen molar-refractivity contribution in [2.24, 2.45) is 5.92 Å². The van der Waals surface area contributed by atoms with Crippen LogP contribution in [0, 0.1) is 12.8 Å². The Balaban J connectivity index is 0.00000162. The minimum absolute atomic E-state index is 0. The topological polar surface area (TPSA) is 66.6 Å². The van der Waals surface area contributed by atoms with E-state index in [1.807, 2.05) is 0 Å². The fourth-order valence-electron chi connectivity index (χ4n) is 2.19. The molecule has 2 heterocycles. The van der Waals surface area contributed by atoms with Gasteiger partial charge >= 0.3 is 5.97 Å². The number of aromatic carboxylic acids is 1. The quantitative estimate of drug-likeness (QED) is 0.916. The Labute approximate surface area is 113 Å². The van der Waals surface area contributed by atoms with Crippen molar-refractivity contribution in [2.45, 2.75) is 33.2 Å². The predicted molar refractivity (Wildman–Crippen MR) is 69.1 cm³/mol. The zero-order chi connectivity index (χ0) is 12.4. The molecule has 1 fully saturated rings. The van der Waals surface area contributed by atoms with Gasteiger partial charge in [-0.25, -0.2) is 4.79 Å². The molecule has 0 atom stereocenters. The summed E-state index contributed by atoms with van der Waals surface area (Å²) in [6.07, 6.45) is 2.35. The van der Waals surface area contributed by atoms with E-state index in [1.54, 1.807) is 6.92 Å². The van der Waals surface area contributed by atoms with Crippen LogP contribution >= 0.6 is 12.4 Å². The molecule has 1 N–H and O–H groups in total. The first kappa shape index (κ1) is 15.0. The number of aromatic nitrogens is 1. The smallest absolute Gasteiger partial charge is 0.358 e. The minimum atomic E-state index is -1.01. The largest absolute Gasteiger partial charge is 0.476 e. The zero-order valence-corrected chi connectivity index (χ0v) is 11.5. The van der Waals surface area contributed by atoms with Gasteiger partial charge in [-0.2, -0.15) is 0 Å². The van der Waals surface area contributed by atoms with Crippen molar-refractivity contribution in [3.63, 3.8) is 0 Å². The zero-order valence-electron chi connectivity index (χ0n) is 10.7. The van der Waals surface area contributed by atoms with E-state index in [0.717, 1.165) is 19.0 Å². The van der Waals surface area contributed by atoms with Gasteiger partial charge in [0.1, 0.15) is 5.76 Å². The van der Waals surface area contributed by atoms with Gasteiger partial charge in [0.05, 0.1) is 0 Å². The molecule has 5 nitrogen and oxygen atoms in total. The fourth-order valence-corrected chi connectivity index (χ4v) is 2.19. The second-order valence-corrected chi connectivity index (χ2v) is 4.83. The van der Waals surface area contributed by atoms with Crippen LogP contribution in [0.4, 0.5) is 0 Å². The van der Waals surface area contributed by atoms with Crippen LogP contribution in [0.3, 0.4) is 0 Å². The normalized spacial score (nSPS) is 17.4. The van der Waals surface area contributed by atoms with Gasteiger partial charge in [-0.15, -0.1) is 12.4 Å². The number of hydrogen-bond acceptors (Lipinski definition) is 4. The molecule has 0 amide bonds. The summed E-state index contributed by atoms with van der Waals surface area (Å²) in [6, 6.07) is 0. The minimum Gasteiger partial charge on any atom is -0.476 e. The summed E-state index contributed by atoms with van der Waals surface area (Å²) in [7, 11) is 0. The summed E-state index contributed by atoms with van der Waals surface area (Å²) in [5.41, 5.74) is 0.771. The lowest BCUT2D eigenvalue weighted by molar-refractivity contribution is 0.0683. The van der Waals surface area contributed by atoms with E-state index >= 15 is 0 Å². The van der Waals surface area contributed by atoms with Crippen LogP contribution in [0.2, 0.25) is 0 Å². The molecule has 0 bridgehead atoms. The number of carbonyl (C=O) groups is 1. The van der Waals surface area contributed by atoms with Crippen LogP contribution in [0.5, 0.6) is 0 Å². The number of aryl methyl sites for hydroxylation is 1. The maximum Gasteiger partial charge on any atom is 0.358 e. The standard InChI is InChI=1S/C12H18N2O3.ClH/c1-8-3-5-14(6-4-8)7-10-9(2)17-13-11(10)12(15)16;/h8H,3-7H2,1-2H3,(H,15,16);1H. The Bertz CT molecular complexity index is 411. The average Bonchev–Trinajstić information content (AvgIpc) is 2.64. The molecule has 1 aliphatic rings. The van der Waals surface area contributed by atoms with Gasteiger partial charge in [0.15, 0.2) is 5.69 Å². The molecule has 0 spiro atoms. The van der Waals surface area contributed by atoms with Crippen LogP contribution in [-0.2, 0) is 6.54 Å². The summed E-state index contributed by atoms with van der Waals surface area (Å²) >= 11 is 0. The number of rotatable bonds is 3. The van der Waals surface area contributed by atoms with Crippen molar-refractivity contribution in [1.29, 1.82) is 0 Å². The van der Waals surface area contributed by atoms with Crippen molar-refractivity contribution >= 4 is 18.4 Å². The number of nitrogens with zero attached hydrogens (tertiary/aromatic N) is 2. The van der Waals surface area contributed by atoms with Crippen LogP contribution in [-0.4, -0.2) is 34.2 Å². The lowest BCUT2D eigenvalue weighted by atomic mass is 9.98. The molecule has 6 heteroatoms. The Hall–Kier alpha value is -1.07. The van der Waals surface area contributed by atoms with E-state index in [-0.39, 0.29) is 18.1 Å². The highest BCUT2D eigenvalue weighted by Gasteiger charge is 2.23. The van der Waals surface area contributed by atoms with Crippen molar-refractivity contribution < 1.29 is 14.4 Å². The summed E-state index contributed by atoms with van der Waals surface area (Å²) in [6.45, 7) is 6.69. The van der Waals surface area contributed by atoms with Gasteiger partial charge in [-0.05, 0) is 38.8 Å². The lowest BCUT2D eigenvalue weighted by Gasteiger charge is -2.29. The third-order valence-corrected chi connectivity index (χ3v) is 3.45. The molecule has 102 valence electrons. The molecule has 1 aromatic heterocycles. The van der Waals surface area contributed by atoms with E-state index in [2.05, 4.69) is 17.0 Å². The van der Waals surface area contributed by atoms with E-state index in [1.165, 1.54) is 12.8 Å². The molecular formula is C12H19ClN2O3. The molecule has 0 saturated carbocycles. The molecular weight excluding hydrogens is 256 g/mol. The van der Waals surface area contributed by atoms with Gasteiger partial charge < -0.3 is 9.63 Å². The predicted octanol–water partition coefficient (Wildman–Crippen LogP) is 2.33. The maximum atomic E-state index is 11.0. The Kier molecular flexibility index (Phi) is 5.16.